The lowest BCUT2D eigenvalue weighted by Crippen LogP contribution is -1.84. The molecule has 1 rings (SSSR count). The van der Waals surface area contributed by atoms with Gasteiger partial charge in [-0.2, -0.15) is 0 Å². The molecule has 1 aliphatic rings. The van der Waals surface area contributed by atoms with E-state index in [1.165, 1.54) is 6.08 Å². The molecule has 0 aromatic carbocycles. The molecular formula is C9H6O2S. The van der Waals surface area contributed by atoms with Gasteiger partial charge in [0, 0.05) is 0 Å². The van der Waals surface area contributed by atoms with Crippen molar-refractivity contribution in [1.29, 1.82) is 0 Å². The molecule has 60 valence electrons. The van der Waals surface area contributed by atoms with Crippen molar-refractivity contribution in [2.24, 2.45) is 0 Å². The van der Waals surface area contributed by atoms with Crippen molar-refractivity contribution in [1.82, 2.24) is 0 Å². The van der Waals surface area contributed by atoms with E-state index in [-0.39, 0.29) is 0 Å². The molecule has 0 saturated carbocycles. The van der Waals surface area contributed by atoms with Gasteiger partial charge in [0.2, 0.25) is 9.84 Å². The maximum absolute atomic E-state index is 11.0. The van der Waals surface area contributed by atoms with Gasteiger partial charge >= 0.3 is 0 Å². The predicted octanol–water partition coefficient (Wildman–Crippen LogP) is 1.46. The van der Waals surface area contributed by atoms with E-state index in [1.807, 2.05) is 0 Å². The largest absolute Gasteiger partial charge is 0.218 e. The first-order valence-corrected chi connectivity index (χ1v) is 4.82. The van der Waals surface area contributed by atoms with Crippen LogP contribution in [0.2, 0.25) is 0 Å². The summed E-state index contributed by atoms with van der Waals surface area (Å²) in [7, 11) is -3.30. The third-order valence-corrected chi connectivity index (χ3v) is 1.93. The third kappa shape index (κ3) is 3.07. The van der Waals surface area contributed by atoms with Crippen molar-refractivity contribution in [3.8, 4) is 0 Å². The molecule has 0 aromatic heterocycles. The number of allylic oxidation sites excluding steroid dienone is 4. The van der Waals surface area contributed by atoms with Crippen LogP contribution in [0.5, 0.6) is 0 Å². The van der Waals surface area contributed by atoms with Crippen molar-refractivity contribution >= 4 is 9.84 Å². The van der Waals surface area contributed by atoms with Gasteiger partial charge in [-0.05, 0) is 12.2 Å². The van der Waals surface area contributed by atoms with Crippen LogP contribution in [-0.2, 0) is 9.84 Å². The van der Waals surface area contributed by atoms with Gasteiger partial charge in [-0.15, -0.1) is 5.73 Å². The summed E-state index contributed by atoms with van der Waals surface area (Å²) in [5, 5.41) is 1.93. The standard InChI is InChI=1S/C9H6O2S/c10-12(11)8-6-4-2-1-3-5-7-9-12/h1-4,8-9H. The normalized spacial score (nSPS) is 18.3. The Labute approximate surface area is 71.1 Å². The van der Waals surface area contributed by atoms with Crippen LogP contribution in [0.15, 0.2) is 52.3 Å². The molecule has 12 heavy (non-hydrogen) atoms. The summed E-state index contributed by atoms with van der Waals surface area (Å²) in [6.45, 7) is 0. The molecule has 3 heteroatoms. The molecule has 0 aliphatic carbocycles. The molecule has 0 aromatic rings. The van der Waals surface area contributed by atoms with E-state index < -0.39 is 9.84 Å². The molecule has 0 saturated heterocycles. The SMILES string of the molecule is O=S1(=O)C=C=C=CC=CC=C=C1. The van der Waals surface area contributed by atoms with Gasteiger partial charge in [-0.25, -0.2) is 8.42 Å². The highest BCUT2D eigenvalue weighted by Gasteiger charge is 1.95. The zero-order valence-corrected chi connectivity index (χ0v) is 7.01. The van der Waals surface area contributed by atoms with Crippen LogP contribution in [0.3, 0.4) is 0 Å². The van der Waals surface area contributed by atoms with Crippen LogP contribution in [-0.4, -0.2) is 8.42 Å². The summed E-state index contributed by atoms with van der Waals surface area (Å²) < 4.78 is 21.9. The predicted molar refractivity (Wildman–Crippen MR) is 46.9 cm³/mol. The number of hydrogen-bond acceptors (Lipinski definition) is 2. The average Bonchev–Trinajstić information content (AvgIpc) is 2.02. The van der Waals surface area contributed by atoms with Gasteiger partial charge in [0.05, 0.1) is 10.8 Å². The molecule has 2 nitrogen and oxygen atoms in total. The fraction of sp³-hybridized carbons (Fsp3) is 0. The Morgan fingerprint density at radius 3 is 2.50 bits per heavy atom. The Kier molecular flexibility index (Phi) is 2.71. The second-order valence-corrected chi connectivity index (χ2v) is 3.65. The van der Waals surface area contributed by atoms with E-state index in [4.69, 9.17) is 0 Å². The van der Waals surface area contributed by atoms with Crippen molar-refractivity contribution in [2.45, 2.75) is 0 Å². The molecular weight excluding hydrogens is 172 g/mol. The highest BCUT2D eigenvalue weighted by atomic mass is 32.2. The fourth-order valence-corrected chi connectivity index (χ4v) is 1.12. The fourth-order valence-electron chi connectivity index (χ4n) is 0.547. The van der Waals surface area contributed by atoms with Crippen molar-refractivity contribution in [2.75, 3.05) is 0 Å². The smallest absolute Gasteiger partial charge is 0.208 e. The van der Waals surface area contributed by atoms with E-state index >= 15 is 0 Å². The average molecular weight is 178 g/mol. The van der Waals surface area contributed by atoms with E-state index in [1.54, 1.807) is 18.2 Å². The minimum absolute atomic E-state index is 0.948. The molecule has 0 amide bonds. The molecule has 0 unspecified atom stereocenters. The maximum Gasteiger partial charge on any atom is 0.208 e. The topological polar surface area (TPSA) is 34.1 Å². The number of sulfone groups is 1. The van der Waals surface area contributed by atoms with Crippen LogP contribution >= 0.6 is 0 Å². The van der Waals surface area contributed by atoms with Crippen molar-refractivity contribution in [3.05, 3.63) is 52.3 Å². The minimum Gasteiger partial charge on any atom is -0.218 e. The highest BCUT2D eigenvalue weighted by Crippen LogP contribution is 1.92. The van der Waals surface area contributed by atoms with Crippen molar-refractivity contribution < 1.29 is 8.42 Å². The summed E-state index contributed by atoms with van der Waals surface area (Å²) >= 11 is 0. The Balaban J connectivity index is 3.31. The molecule has 0 radical (unpaired) electrons. The lowest BCUT2D eigenvalue weighted by Gasteiger charge is -1.80. The third-order valence-electron chi connectivity index (χ3n) is 1.02. The monoisotopic (exact) mass is 178 g/mol. The second kappa shape index (κ2) is 3.77. The van der Waals surface area contributed by atoms with Gasteiger partial charge in [0.1, 0.15) is 0 Å². The molecule has 0 fully saturated rings. The molecule has 0 bridgehead atoms. The van der Waals surface area contributed by atoms with Gasteiger partial charge in [-0.1, -0.05) is 23.6 Å². The summed E-state index contributed by atoms with van der Waals surface area (Å²) in [6, 6.07) is 0. The van der Waals surface area contributed by atoms with E-state index in [0.717, 1.165) is 10.8 Å². The minimum atomic E-state index is -3.30. The quantitative estimate of drug-likeness (QED) is 0.526. The molecule has 0 N–H and O–H groups in total. The van der Waals surface area contributed by atoms with Gasteiger partial charge in [-0.3, -0.25) is 0 Å². The first-order chi connectivity index (χ1) is 5.71. The highest BCUT2D eigenvalue weighted by molar-refractivity contribution is 7.97. The first kappa shape index (κ1) is 8.61. The van der Waals surface area contributed by atoms with Crippen LogP contribution < -0.4 is 0 Å². The zero-order chi connectivity index (χ0) is 8.86. The Morgan fingerprint density at radius 1 is 0.917 bits per heavy atom. The Bertz CT molecular complexity index is 445. The van der Waals surface area contributed by atoms with Gasteiger partial charge < -0.3 is 0 Å². The van der Waals surface area contributed by atoms with E-state index in [9.17, 15) is 8.42 Å². The van der Waals surface area contributed by atoms with Crippen molar-refractivity contribution in [3.63, 3.8) is 0 Å². The van der Waals surface area contributed by atoms with Gasteiger partial charge in [0.25, 0.3) is 0 Å². The lowest BCUT2D eigenvalue weighted by molar-refractivity contribution is 0.612. The van der Waals surface area contributed by atoms with E-state index in [0.29, 0.717) is 0 Å². The number of rotatable bonds is 0. The lowest BCUT2D eigenvalue weighted by atomic mass is 10.4. The first-order valence-electron chi connectivity index (χ1n) is 3.21. The Morgan fingerprint density at radius 2 is 1.67 bits per heavy atom. The van der Waals surface area contributed by atoms with E-state index in [2.05, 4.69) is 17.2 Å². The molecule has 0 spiro atoms. The molecule has 1 heterocycles. The maximum atomic E-state index is 11.0. The van der Waals surface area contributed by atoms with Crippen LogP contribution in [0.1, 0.15) is 0 Å². The molecule has 1 aliphatic heterocycles. The van der Waals surface area contributed by atoms with Crippen LogP contribution in [0, 0.1) is 0 Å². The summed E-state index contributed by atoms with van der Waals surface area (Å²) in [6.07, 6.45) is 6.44. The zero-order valence-electron chi connectivity index (χ0n) is 6.19. The summed E-state index contributed by atoms with van der Waals surface area (Å²) in [5.41, 5.74) is 7.44. The van der Waals surface area contributed by atoms with Crippen LogP contribution in [0.4, 0.5) is 0 Å². The summed E-state index contributed by atoms with van der Waals surface area (Å²) in [4.78, 5) is 0. The van der Waals surface area contributed by atoms with Gasteiger partial charge in [0.15, 0.2) is 0 Å². The Hall–Kier alpha value is -1.49. The molecule has 0 atom stereocenters. The number of hydrogen-bond donors (Lipinski definition) is 0. The summed E-state index contributed by atoms with van der Waals surface area (Å²) in [5.74, 6) is 0. The van der Waals surface area contributed by atoms with Crippen LogP contribution in [0.25, 0.3) is 0 Å². The second-order valence-electron chi connectivity index (χ2n) is 2.00.